The van der Waals surface area contributed by atoms with Crippen LogP contribution in [-0.4, -0.2) is 40.9 Å². The summed E-state index contributed by atoms with van der Waals surface area (Å²) < 4.78 is 15.9. The van der Waals surface area contributed by atoms with Gasteiger partial charge in [0.1, 0.15) is 12.2 Å². The zero-order chi connectivity index (χ0) is 14.8. The molecule has 2 heterocycles. The number of nitrogens with zero attached hydrogens (tertiary/aromatic N) is 2. The van der Waals surface area contributed by atoms with Gasteiger partial charge < -0.3 is 18.9 Å². The van der Waals surface area contributed by atoms with Crippen molar-refractivity contribution in [3.63, 3.8) is 0 Å². The van der Waals surface area contributed by atoms with Crippen molar-refractivity contribution in [3.05, 3.63) is 11.8 Å². The van der Waals surface area contributed by atoms with Gasteiger partial charge in [-0.1, -0.05) is 5.16 Å². The third kappa shape index (κ3) is 3.88. The Morgan fingerprint density at radius 2 is 2.30 bits per heavy atom. The Bertz CT molecular complexity index is 464. The van der Waals surface area contributed by atoms with Gasteiger partial charge in [0.25, 0.3) is 0 Å². The van der Waals surface area contributed by atoms with Gasteiger partial charge in [-0.2, -0.15) is 0 Å². The number of amides is 1. The van der Waals surface area contributed by atoms with Gasteiger partial charge in [-0.05, 0) is 40.5 Å². The highest BCUT2D eigenvalue weighted by molar-refractivity contribution is 5.68. The van der Waals surface area contributed by atoms with Gasteiger partial charge in [-0.3, -0.25) is 0 Å². The van der Waals surface area contributed by atoms with E-state index >= 15 is 0 Å². The number of aromatic nitrogens is 1. The molecule has 20 heavy (non-hydrogen) atoms. The van der Waals surface area contributed by atoms with E-state index in [1.165, 1.54) is 0 Å². The summed E-state index contributed by atoms with van der Waals surface area (Å²) in [5.41, 5.74) is 0.294. The predicted molar refractivity (Wildman–Crippen MR) is 72.7 cm³/mol. The smallest absolute Gasteiger partial charge is 0.410 e. The van der Waals surface area contributed by atoms with E-state index in [0.717, 1.165) is 18.5 Å². The van der Waals surface area contributed by atoms with E-state index in [-0.39, 0.29) is 12.1 Å². The van der Waals surface area contributed by atoms with Crippen molar-refractivity contribution in [1.82, 2.24) is 10.1 Å². The predicted octanol–water partition coefficient (Wildman–Crippen LogP) is 2.76. The molecule has 6 heteroatoms. The molecule has 2 rings (SSSR count). The van der Waals surface area contributed by atoms with Gasteiger partial charge >= 0.3 is 12.0 Å². The Morgan fingerprint density at radius 3 is 2.90 bits per heavy atom. The van der Waals surface area contributed by atoms with E-state index in [9.17, 15) is 4.79 Å². The van der Waals surface area contributed by atoms with Crippen LogP contribution in [0.5, 0.6) is 5.95 Å². The van der Waals surface area contributed by atoms with Crippen molar-refractivity contribution < 1.29 is 18.8 Å². The summed E-state index contributed by atoms with van der Waals surface area (Å²) in [5, 5.41) is 3.76. The second kappa shape index (κ2) is 5.73. The molecule has 1 aromatic heterocycles. The van der Waals surface area contributed by atoms with E-state index in [0.29, 0.717) is 19.1 Å². The Kier molecular flexibility index (Phi) is 4.20. The molecule has 1 aliphatic heterocycles. The summed E-state index contributed by atoms with van der Waals surface area (Å²) in [6, 6.07) is 1.75. The van der Waals surface area contributed by atoms with Crippen molar-refractivity contribution in [2.75, 3.05) is 13.2 Å². The third-order valence-electron chi connectivity index (χ3n) is 3.03. The first-order valence-corrected chi connectivity index (χ1v) is 6.91. The van der Waals surface area contributed by atoms with Crippen LogP contribution in [0.25, 0.3) is 0 Å². The highest BCUT2D eigenvalue weighted by Crippen LogP contribution is 2.22. The molecule has 1 aromatic rings. The molecule has 0 aliphatic carbocycles. The number of rotatable bonds is 3. The van der Waals surface area contributed by atoms with Crippen molar-refractivity contribution in [1.29, 1.82) is 0 Å². The summed E-state index contributed by atoms with van der Waals surface area (Å²) in [7, 11) is 0. The van der Waals surface area contributed by atoms with E-state index in [1.807, 2.05) is 27.7 Å². The molecule has 0 N–H and O–H groups in total. The summed E-state index contributed by atoms with van der Waals surface area (Å²) in [6.45, 7) is 8.53. The van der Waals surface area contributed by atoms with Crippen LogP contribution in [0.2, 0.25) is 0 Å². The Hall–Kier alpha value is -1.72. The SMILES string of the molecule is Cc1cc(OC[C@@H]2CCCN2C(=O)OC(C)(C)C)on1. The molecule has 0 aromatic carbocycles. The van der Waals surface area contributed by atoms with E-state index in [1.54, 1.807) is 11.0 Å². The van der Waals surface area contributed by atoms with Crippen LogP contribution < -0.4 is 4.74 Å². The third-order valence-corrected chi connectivity index (χ3v) is 3.03. The number of aryl methyl sites for hydroxylation is 1. The van der Waals surface area contributed by atoms with Crippen LogP contribution in [0.3, 0.4) is 0 Å². The molecule has 6 nitrogen and oxygen atoms in total. The van der Waals surface area contributed by atoms with Crippen LogP contribution in [0.4, 0.5) is 4.79 Å². The molecule has 1 amide bonds. The molecule has 1 fully saturated rings. The van der Waals surface area contributed by atoms with Crippen LogP contribution in [-0.2, 0) is 4.74 Å². The lowest BCUT2D eigenvalue weighted by molar-refractivity contribution is 0.0175. The number of hydrogen-bond acceptors (Lipinski definition) is 5. The highest BCUT2D eigenvalue weighted by Gasteiger charge is 2.32. The van der Waals surface area contributed by atoms with Crippen LogP contribution in [0.1, 0.15) is 39.3 Å². The Balaban J connectivity index is 1.88. The lowest BCUT2D eigenvalue weighted by Crippen LogP contribution is -2.42. The second-order valence-electron chi connectivity index (χ2n) is 6.07. The fraction of sp³-hybridized carbons (Fsp3) is 0.714. The van der Waals surface area contributed by atoms with Gasteiger partial charge in [0.05, 0.1) is 11.7 Å². The van der Waals surface area contributed by atoms with Crippen molar-refractivity contribution >= 4 is 6.09 Å². The summed E-state index contributed by atoms with van der Waals surface area (Å²) >= 11 is 0. The second-order valence-corrected chi connectivity index (χ2v) is 6.07. The molecule has 0 saturated carbocycles. The van der Waals surface area contributed by atoms with Crippen molar-refractivity contribution in [2.24, 2.45) is 0 Å². The molecule has 1 atom stereocenters. The molecular formula is C14H22N2O4. The molecular weight excluding hydrogens is 260 g/mol. The lowest BCUT2D eigenvalue weighted by Gasteiger charge is -2.28. The van der Waals surface area contributed by atoms with E-state index in [2.05, 4.69) is 5.16 Å². The maximum absolute atomic E-state index is 12.1. The number of carbonyl (C=O) groups excluding carboxylic acids is 1. The van der Waals surface area contributed by atoms with Gasteiger partial charge in [0.2, 0.25) is 0 Å². The molecule has 1 aliphatic rings. The summed E-state index contributed by atoms with van der Waals surface area (Å²) in [4.78, 5) is 13.8. The number of likely N-dealkylation sites (tertiary alicyclic amines) is 1. The lowest BCUT2D eigenvalue weighted by atomic mass is 10.2. The highest BCUT2D eigenvalue weighted by atomic mass is 16.6. The van der Waals surface area contributed by atoms with E-state index < -0.39 is 5.60 Å². The van der Waals surface area contributed by atoms with Crippen molar-refractivity contribution in [3.8, 4) is 5.95 Å². The number of ether oxygens (including phenoxy) is 2. The molecule has 1 saturated heterocycles. The summed E-state index contributed by atoms with van der Waals surface area (Å²) in [6.07, 6.45) is 1.59. The fourth-order valence-electron chi connectivity index (χ4n) is 2.16. The monoisotopic (exact) mass is 282 g/mol. The first kappa shape index (κ1) is 14.7. The molecule has 0 unspecified atom stereocenters. The average Bonchev–Trinajstić information content (AvgIpc) is 2.92. The summed E-state index contributed by atoms with van der Waals surface area (Å²) in [5.74, 6) is 0.388. The Labute approximate surface area is 119 Å². The first-order chi connectivity index (χ1) is 9.35. The maximum Gasteiger partial charge on any atom is 0.410 e. The minimum Gasteiger partial charge on any atom is -0.462 e. The minimum absolute atomic E-state index is 0.0234. The average molecular weight is 282 g/mol. The fourth-order valence-corrected chi connectivity index (χ4v) is 2.16. The molecule has 112 valence electrons. The number of hydrogen-bond donors (Lipinski definition) is 0. The standard InChI is InChI=1S/C14H22N2O4/c1-10-8-12(20-15-10)18-9-11-6-5-7-16(11)13(17)19-14(2,3)4/h8,11H,5-7,9H2,1-4H3/t11-/m0/s1. The largest absolute Gasteiger partial charge is 0.462 e. The van der Waals surface area contributed by atoms with Gasteiger partial charge in [-0.25, -0.2) is 4.79 Å². The molecule has 0 bridgehead atoms. The van der Waals surface area contributed by atoms with Gasteiger partial charge in [-0.15, -0.1) is 0 Å². The quantitative estimate of drug-likeness (QED) is 0.853. The topological polar surface area (TPSA) is 64.8 Å². The maximum atomic E-state index is 12.1. The zero-order valence-electron chi connectivity index (χ0n) is 12.5. The molecule has 0 spiro atoms. The van der Waals surface area contributed by atoms with Gasteiger partial charge in [0.15, 0.2) is 0 Å². The normalized spacial score (nSPS) is 19.2. The molecule has 0 radical (unpaired) electrons. The van der Waals surface area contributed by atoms with E-state index in [4.69, 9.17) is 14.0 Å². The Morgan fingerprint density at radius 1 is 1.55 bits per heavy atom. The first-order valence-electron chi connectivity index (χ1n) is 6.91. The van der Waals surface area contributed by atoms with Crippen LogP contribution >= 0.6 is 0 Å². The zero-order valence-corrected chi connectivity index (χ0v) is 12.5. The minimum atomic E-state index is -0.479. The van der Waals surface area contributed by atoms with Crippen molar-refractivity contribution in [2.45, 2.75) is 52.2 Å². The van der Waals surface area contributed by atoms with Crippen LogP contribution in [0, 0.1) is 6.92 Å². The van der Waals surface area contributed by atoms with Crippen LogP contribution in [0.15, 0.2) is 10.6 Å². The van der Waals surface area contributed by atoms with Gasteiger partial charge in [0, 0.05) is 12.6 Å². The number of carbonyl (C=O) groups is 1.